The van der Waals surface area contributed by atoms with E-state index in [-0.39, 0.29) is 30.5 Å². The maximum absolute atomic E-state index is 12.6. The van der Waals surface area contributed by atoms with Gasteiger partial charge in [0.2, 0.25) is 10.0 Å². The van der Waals surface area contributed by atoms with E-state index in [2.05, 4.69) is 4.98 Å². The van der Waals surface area contributed by atoms with Crippen LogP contribution in [0, 0.1) is 5.92 Å². The van der Waals surface area contributed by atoms with Gasteiger partial charge in [-0.15, -0.1) is 0 Å². The van der Waals surface area contributed by atoms with Gasteiger partial charge in [-0.3, -0.25) is 14.6 Å². The second kappa shape index (κ2) is 9.47. The minimum Gasteiger partial charge on any atom is -0.455 e. The number of hydrogen-bond acceptors (Lipinski definition) is 7. The zero-order chi connectivity index (χ0) is 20.9. The van der Waals surface area contributed by atoms with Crippen molar-refractivity contribution in [1.82, 2.24) is 14.2 Å². The molecule has 1 saturated heterocycles. The van der Waals surface area contributed by atoms with Crippen molar-refractivity contribution in [2.75, 3.05) is 26.7 Å². The van der Waals surface area contributed by atoms with Crippen LogP contribution in [0.25, 0.3) is 0 Å². The topological polar surface area (TPSA) is 96.9 Å². The predicted octanol–water partition coefficient (Wildman–Crippen LogP) is 1.75. The van der Waals surface area contributed by atoms with E-state index < -0.39 is 21.9 Å². The lowest BCUT2D eigenvalue weighted by Gasteiger charge is -2.30. The number of nitrogens with zero attached hydrogens (tertiary/aromatic N) is 3. The van der Waals surface area contributed by atoms with Crippen molar-refractivity contribution in [2.24, 2.45) is 5.92 Å². The molecule has 0 aliphatic carbocycles. The summed E-state index contributed by atoms with van der Waals surface area (Å²) in [7, 11) is -1.95. The molecule has 0 bridgehead atoms. The van der Waals surface area contributed by atoms with Crippen LogP contribution in [0.2, 0.25) is 0 Å². The highest BCUT2D eigenvalue weighted by Crippen LogP contribution is 2.24. The van der Waals surface area contributed by atoms with Crippen LogP contribution >= 0.6 is 11.3 Å². The number of carbonyl (C=O) groups excluding carboxylic acids is 2. The molecule has 0 aromatic carbocycles. The van der Waals surface area contributed by atoms with Crippen molar-refractivity contribution >= 4 is 33.2 Å². The molecular weight excluding hydrogens is 414 g/mol. The van der Waals surface area contributed by atoms with Gasteiger partial charge in [0.1, 0.15) is 4.90 Å². The van der Waals surface area contributed by atoms with Gasteiger partial charge < -0.3 is 9.64 Å². The Morgan fingerprint density at radius 2 is 2.07 bits per heavy atom. The largest absolute Gasteiger partial charge is 0.455 e. The highest BCUT2D eigenvalue weighted by atomic mass is 32.2. The number of esters is 1. The summed E-state index contributed by atoms with van der Waals surface area (Å²) in [5, 5.41) is 3.90. The number of rotatable bonds is 7. The third-order valence-corrected chi connectivity index (χ3v) is 7.44. The number of piperidine rings is 1. The second-order valence-corrected chi connectivity index (χ2v) is 9.57. The molecule has 10 heteroatoms. The van der Waals surface area contributed by atoms with Crippen LogP contribution in [0.1, 0.15) is 18.4 Å². The lowest BCUT2D eigenvalue weighted by atomic mass is 9.98. The van der Waals surface area contributed by atoms with Gasteiger partial charge in [0.25, 0.3) is 5.91 Å². The standard InChI is InChI=1S/C19H23N3O5S2/c1-21(12-15-6-10-28-14-15)18(23)13-27-19(24)16-4-8-22(9-5-16)29(25,26)17-3-2-7-20-11-17/h2-3,6-7,10-11,14,16H,4-5,8-9,12-13H2,1H3. The number of hydrogen-bond donors (Lipinski definition) is 0. The van der Waals surface area contributed by atoms with Gasteiger partial charge >= 0.3 is 5.97 Å². The molecule has 0 spiro atoms. The monoisotopic (exact) mass is 437 g/mol. The summed E-state index contributed by atoms with van der Waals surface area (Å²) in [6.45, 7) is 0.601. The molecule has 0 N–H and O–H groups in total. The van der Waals surface area contributed by atoms with Gasteiger partial charge in [-0.05, 0) is 47.4 Å². The van der Waals surface area contributed by atoms with Crippen LogP contribution in [0.4, 0.5) is 0 Å². The number of ether oxygens (including phenoxy) is 1. The third-order valence-electron chi connectivity index (χ3n) is 4.82. The van der Waals surface area contributed by atoms with Crippen LogP contribution in [-0.2, 0) is 30.9 Å². The summed E-state index contributed by atoms with van der Waals surface area (Å²) < 4.78 is 31.7. The maximum Gasteiger partial charge on any atom is 0.309 e. The van der Waals surface area contributed by atoms with Gasteiger partial charge in [-0.2, -0.15) is 15.6 Å². The molecule has 1 aliphatic rings. The Kier molecular flexibility index (Phi) is 6.99. The number of carbonyl (C=O) groups is 2. The molecule has 0 saturated carbocycles. The fourth-order valence-electron chi connectivity index (χ4n) is 3.09. The van der Waals surface area contributed by atoms with Gasteiger partial charge in [-0.1, -0.05) is 0 Å². The fraction of sp³-hybridized carbons (Fsp3) is 0.421. The average Bonchev–Trinajstić information content (AvgIpc) is 3.25. The first kappa shape index (κ1) is 21.4. The molecule has 0 unspecified atom stereocenters. The Morgan fingerprint density at radius 3 is 2.69 bits per heavy atom. The number of aromatic nitrogens is 1. The van der Waals surface area contributed by atoms with E-state index in [1.165, 1.54) is 27.7 Å². The van der Waals surface area contributed by atoms with E-state index in [4.69, 9.17) is 4.74 Å². The van der Waals surface area contributed by atoms with Crippen molar-refractivity contribution in [3.63, 3.8) is 0 Å². The van der Waals surface area contributed by atoms with Crippen LogP contribution in [0.15, 0.2) is 46.2 Å². The minimum atomic E-state index is -3.61. The summed E-state index contributed by atoms with van der Waals surface area (Å²) >= 11 is 1.56. The Morgan fingerprint density at radius 1 is 1.31 bits per heavy atom. The molecule has 2 aromatic heterocycles. The molecule has 3 heterocycles. The van der Waals surface area contributed by atoms with Crippen molar-refractivity contribution in [1.29, 1.82) is 0 Å². The second-order valence-electron chi connectivity index (χ2n) is 6.86. The molecular formula is C19H23N3O5S2. The zero-order valence-corrected chi connectivity index (χ0v) is 17.7. The highest BCUT2D eigenvalue weighted by molar-refractivity contribution is 7.89. The highest BCUT2D eigenvalue weighted by Gasteiger charge is 2.33. The first-order chi connectivity index (χ1) is 13.9. The minimum absolute atomic E-state index is 0.139. The van der Waals surface area contributed by atoms with E-state index in [0.29, 0.717) is 19.4 Å². The normalized spacial score (nSPS) is 15.8. The molecule has 1 aliphatic heterocycles. The van der Waals surface area contributed by atoms with E-state index in [9.17, 15) is 18.0 Å². The van der Waals surface area contributed by atoms with E-state index in [1.807, 2.05) is 16.8 Å². The SMILES string of the molecule is CN(Cc1ccsc1)C(=O)COC(=O)C1CCN(S(=O)(=O)c2cccnc2)CC1. The van der Waals surface area contributed by atoms with Gasteiger partial charge in [0, 0.05) is 39.1 Å². The van der Waals surface area contributed by atoms with Gasteiger partial charge in [0.15, 0.2) is 6.61 Å². The molecule has 8 nitrogen and oxygen atoms in total. The smallest absolute Gasteiger partial charge is 0.309 e. The molecule has 1 fully saturated rings. The fourth-order valence-corrected chi connectivity index (χ4v) is 5.18. The van der Waals surface area contributed by atoms with Crippen LogP contribution in [-0.4, -0.2) is 61.2 Å². The number of pyridine rings is 1. The van der Waals surface area contributed by atoms with Crippen molar-refractivity contribution in [3.8, 4) is 0 Å². The average molecular weight is 438 g/mol. The Labute approximate surface area is 174 Å². The maximum atomic E-state index is 12.6. The number of sulfonamides is 1. The quantitative estimate of drug-likeness (QED) is 0.612. The Hall–Kier alpha value is -2.30. The summed E-state index contributed by atoms with van der Waals surface area (Å²) in [5.41, 5.74) is 1.03. The molecule has 3 rings (SSSR count). The van der Waals surface area contributed by atoms with Crippen molar-refractivity contribution in [2.45, 2.75) is 24.3 Å². The summed E-state index contributed by atoms with van der Waals surface area (Å²) in [6, 6.07) is 5.01. The summed E-state index contributed by atoms with van der Waals surface area (Å²) in [5.74, 6) is -1.15. The zero-order valence-electron chi connectivity index (χ0n) is 16.1. The number of amides is 1. The van der Waals surface area contributed by atoms with Crippen LogP contribution in [0.5, 0.6) is 0 Å². The Balaban J connectivity index is 1.46. The molecule has 156 valence electrons. The van der Waals surface area contributed by atoms with Crippen LogP contribution in [0.3, 0.4) is 0 Å². The van der Waals surface area contributed by atoms with E-state index in [1.54, 1.807) is 24.5 Å². The van der Waals surface area contributed by atoms with Crippen LogP contribution < -0.4 is 0 Å². The number of thiophene rings is 1. The van der Waals surface area contributed by atoms with Crippen molar-refractivity contribution in [3.05, 3.63) is 46.9 Å². The van der Waals surface area contributed by atoms with Gasteiger partial charge in [0.05, 0.1) is 5.92 Å². The first-order valence-corrected chi connectivity index (χ1v) is 11.6. The molecule has 2 aromatic rings. The lowest BCUT2D eigenvalue weighted by Crippen LogP contribution is -2.41. The van der Waals surface area contributed by atoms with E-state index in [0.717, 1.165) is 5.56 Å². The first-order valence-electron chi connectivity index (χ1n) is 9.20. The van der Waals surface area contributed by atoms with Crippen molar-refractivity contribution < 1.29 is 22.7 Å². The molecule has 0 radical (unpaired) electrons. The Bertz CT molecular complexity index is 924. The summed E-state index contributed by atoms with van der Waals surface area (Å²) in [4.78, 5) is 30.0. The molecule has 0 atom stereocenters. The molecule has 1 amide bonds. The summed E-state index contributed by atoms with van der Waals surface area (Å²) in [6.07, 6.45) is 3.54. The van der Waals surface area contributed by atoms with Gasteiger partial charge in [-0.25, -0.2) is 8.42 Å². The van der Waals surface area contributed by atoms with E-state index >= 15 is 0 Å². The molecule has 29 heavy (non-hydrogen) atoms. The lowest BCUT2D eigenvalue weighted by molar-refractivity contribution is -0.156. The predicted molar refractivity (Wildman–Crippen MR) is 107 cm³/mol. The number of likely N-dealkylation sites (N-methyl/N-ethyl adjacent to an activating group) is 1. The third kappa shape index (κ3) is 5.40.